The van der Waals surface area contributed by atoms with Crippen LogP contribution in [0.3, 0.4) is 0 Å². The molecular formula is C18H23N3O2S. The van der Waals surface area contributed by atoms with Gasteiger partial charge < -0.3 is 5.32 Å². The zero-order valence-corrected chi connectivity index (χ0v) is 14.8. The van der Waals surface area contributed by atoms with Crippen molar-refractivity contribution >= 4 is 23.3 Å². The average Bonchev–Trinajstić information content (AvgIpc) is 3.11. The summed E-state index contributed by atoms with van der Waals surface area (Å²) >= 11 is 1.64. The molecule has 5 nitrogen and oxygen atoms in total. The fraction of sp³-hybridized carbons (Fsp3) is 0.333. The molecule has 0 unspecified atom stereocenters. The summed E-state index contributed by atoms with van der Waals surface area (Å²) in [5.41, 5.74) is 2.41. The van der Waals surface area contributed by atoms with Gasteiger partial charge >= 0.3 is 6.03 Å². The molecule has 2 aromatic rings. The second-order valence-electron chi connectivity index (χ2n) is 5.45. The van der Waals surface area contributed by atoms with Crippen LogP contribution < -0.4 is 16.0 Å². The third kappa shape index (κ3) is 5.18. The Balaban J connectivity index is 2.08. The number of benzene rings is 1. The minimum atomic E-state index is -0.501. The number of rotatable bonds is 7. The van der Waals surface area contributed by atoms with Crippen molar-refractivity contribution in [3.63, 3.8) is 0 Å². The van der Waals surface area contributed by atoms with Crippen molar-refractivity contribution in [3.05, 3.63) is 57.8 Å². The Morgan fingerprint density at radius 3 is 2.50 bits per heavy atom. The lowest BCUT2D eigenvalue weighted by Crippen LogP contribution is -2.42. The minimum Gasteiger partial charge on any atom is -0.341 e. The van der Waals surface area contributed by atoms with E-state index in [2.05, 4.69) is 47.1 Å². The predicted octanol–water partition coefficient (Wildman–Crippen LogP) is 2.84. The molecule has 1 heterocycles. The fourth-order valence-corrected chi connectivity index (χ4v) is 3.26. The van der Waals surface area contributed by atoms with Crippen molar-refractivity contribution in [1.82, 2.24) is 16.0 Å². The summed E-state index contributed by atoms with van der Waals surface area (Å²) in [5.74, 6) is -0.362. The summed E-state index contributed by atoms with van der Waals surface area (Å²) in [6.45, 7) is 2.22. The van der Waals surface area contributed by atoms with Gasteiger partial charge in [0.25, 0.3) is 0 Å². The maximum absolute atomic E-state index is 11.8. The summed E-state index contributed by atoms with van der Waals surface area (Å²) in [4.78, 5) is 24.2. The van der Waals surface area contributed by atoms with Crippen molar-refractivity contribution in [2.75, 3.05) is 13.6 Å². The maximum Gasteiger partial charge on any atom is 0.321 e. The van der Waals surface area contributed by atoms with E-state index in [0.717, 1.165) is 23.3 Å². The molecule has 3 amide bonds. The number of thiophene rings is 1. The molecule has 0 bridgehead atoms. The second-order valence-corrected chi connectivity index (χ2v) is 6.43. The fourth-order valence-electron chi connectivity index (χ4n) is 2.43. The number of hydrogen-bond acceptors (Lipinski definition) is 4. The topological polar surface area (TPSA) is 70.2 Å². The number of amides is 3. The number of urea groups is 1. The Hall–Kier alpha value is -2.18. The summed E-state index contributed by atoms with van der Waals surface area (Å²) in [6, 6.07) is 11.9. The molecule has 1 atom stereocenters. The highest BCUT2D eigenvalue weighted by molar-refractivity contribution is 7.10. The molecule has 1 aromatic heterocycles. The van der Waals surface area contributed by atoms with Crippen LogP contribution in [0.25, 0.3) is 0 Å². The lowest BCUT2D eigenvalue weighted by Gasteiger charge is -2.18. The van der Waals surface area contributed by atoms with Gasteiger partial charge in [-0.3, -0.25) is 15.4 Å². The van der Waals surface area contributed by atoms with E-state index in [1.807, 2.05) is 17.5 Å². The molecule has 0 radical (unpaired) electrons. The largest absolute Gasteiger partial charge is 0.341 e. The second kappa shape index (κ2) is 9.20. The van der Waals surface area contributed by atoms with E-state index >= 15 is 0 Å². The number of imide groups is 1. The zero-order chi connectivity index (χ0) is 17.4. The van der Waals surface area contributed by atoms with Gasteiger partial charge in [-0.15, -0.1) is 11.3 Å². The van der Waals surface area contributed by atoms with Gasteiger partial charge in [-0.2, -0.15) is 0 Å². The van der Waals surface area contributed by atoms with E-state index in [4.69, 9.17) is 0 Å². The first kappa shape index (κ1) is 18.2. The van der Waals surface area contributed by atoms with Crippen LogP contribution in [0.1, 0.15) is 35.4 Å². The van der Waals surface area contributed by atoms with E-state index in [-0.39, 0.29) is 18.5 Å². The highest BCUT2D eigenvalue weighted by Gasteiger charge is 2.16. The molecule has 128 valence electrons. The van der Waals surface area contributed by atoms with E-state index in [0.29, 0.717) is 0 Å². The number of carbonyl (C=O) groups is 2. The number of nitrogens with one attached hydrogen (secondary N) is 3. The van der Waals surface area contributed by atoms with E-state index in [9.17, 15) is 9.59 Å². The molecule has 0 fully saturated rings. The van der Waals surface area contributed by atoms with Crippen LogP contribution in [0.5, 0.6) is 0 Å². The molecule has 0 aliphatic rings. The van der Waals surface area contributed by atoms with Gasteiger partial charge in [0.1, 0.15) is 0 Å². The molecule has 0 aliphatic heterocycles. The Morgan fingerprint density at radius 2 is 1.92 bits per heavy atom. The van der Waals surface area contributed by atoms with Crippen LogP contribution in [0.2, 0.25) is 0 Å². The molecule has 6 heteroatoms. The number of aryl methyl sites for hydroxylation is 1. The van der Waals surface area contributed by atoms with Crippen LogP contribution in [-0.4, -0.2) is 25.5 Å². The van der Waals surface area contributed by atoms with E-state index in [1.165, 1.54) is 12.6 Å². The van der Waals surface area contributed by atoms with Crippen LogP contribution >= 0.6 is 11.3 Å². The number of carbonyl (C=O) groups excluding carboxylic acids is 2. The summed E-state index contributed by atoms with van der Waals surface area (Å²) in [6.07, 6.45) is 2.18. The first-order chi connectivity index (χ1) is 11.6. The Labute approximate surface area is 146 Å². The summed E-state index contributed by atoms with van der Waals surface area (Å²) in [5, 5.41) is 9.88. The van der Waals surface area contributed by atoms with Crippen LogP contribution in [0.4, 0.5) is 4.79 Å². The Morgan fingerprint density at radius 1 is 1.17 bits per heavy atom. The lowest BCUT2D eigenvalue weighted by atomic mass is 10.0. The average molecular weight is 345 g/mol. The molecule has 3 N–H and O–H groups in total. The van der Waals surface area contributed by atoms with Gasteiger partial charge in [-0.25, -0.2) is 4.79 Å². The third-order valence-electron chi connectivity index (χ3n) is 3.63. The third-order valence-corrected chi connectivity index (χ3v) is 4.56. The minimum absolute atomic E-state index is 0.0622. The highest BCUT2D eigenvalue weighted by atomic mass is 32.1. The molecule has 1 aromatic carbocycles. The molecule has 0 spiro atoms. The van der Waals surface area contributed by atoms with Crippen LogP contribution in [-0.2, 0) is 11.2 Å². The van der Waals surface area contributed by atoms with Crippen molar-refractivity contribution in [1.29, 1.82) is 0 Å². The summed E-state index contributed by atoms with van der Waals surface area (Å²) in [7, 11) is 1.47. The Kier molecular flexibility index (Phi) is 6.96. The van der Waals surface area contributed by atoms with Gasteiger partial charge in [0.15, 0.2) is 0 Å². The molecule has 0 saturated carbocycles. The van der Waals surface area contributed by atoms with Gasteiger partial charge in [-0.05, 0) is 29.0 Å². The zero-order valence-electron chi connectivity index (χ0n) is 14.0. The van der Waals surface area contributed by atoms with Crippen molar-refractivity contribution < 1.29 is 9.59 Å². The maximum atomic E-state index is 11.8. The lowest BCUT2D eigenvalue weighted by molar-refractivity contribution is -0.119. The first-order valence-electron chi connectivity index (χ1n) is 8.01. The normalized spacial score (nSPS) is 11.8. The van der Waals surface area contributed by atoms with Gasteiger partial charge in [0.05, 0.1) is 12.6 Å². The van der Waals surface area contributed by atoms with Crippen LogP contribution in [0.15, 0.2) is 41.8 Å². The van der Waals surface area contributed by atoms with Crippen molar-refractivity contribution in [3.8, 4) is 0 Å². The first-order valence-corrected chi connectivity index (χ1v) is 8.89. The number of hydrogen-bond donors (Lipinski definition) is 3. The molecule has 0 saturated heterocycles. The van der Waals surface area contributed by atoms with Gasteiger partial charge in [0, 0.05) is 11.9 Å². The highest BCUT2D eigenvalue weighted by Crippen LogP contribution is 2.26. The standard InChI is InChI=1S/C18H23N3O2S/c1-3-5-13-7-9-14(10-8-13)17(15-6-4-11-24-15)20-12-16(22)21-18(23)19-2/h4,6-11,17,20H,3,5,12H2,1-2H3,(H2,19,21,22,23)/t17-/m0/s1. The van der Waals surface area contributed by atoms with Crippen molar-refractivity contribution in [2.45, 2.75) is 25.8 Å². The molecular weight excluding hydrogens is 322 g/mol. The van der Waals surface area contributed by atoms with Gasteiger partial charge in [0.2, 0.25) is 5.91 Å². The van der Waals surface area contributed by atoms with Crippen LogP contribution in [0, 0.1) is 0 Å². The van der Waals surface area contributed by atoms with Gasteiger partial charge in [-0.1, -0.05) is 43.7 Å². The smallest absolute Gasteiger partial charge is 0.321 e. The van der Waals surface area contributed by atoms with Crippen molar-refractivity contribution in [2.24, 2.45) is 0 Å². The Bertz CT molecular complexity index is 653. The predicted molar refractivity (Wildman–Crippen MR) is 97.2 cm³/mol. The SMILES string of the molecule is CCCc1ccc([C@H](NCC(=O)NC(=O)NC)c2cccs2)cc1. The molecule has 0 aliphatic carbocycles. The quantitative estimate of drug-likeness (QED) is 0.723. The van der Waals surface area contributed by atoms with E-state index < -0.39 is 6.03 Å². The van der Waals surface area contributed by atoms with E-state index in [1.54, 1.807) is 11.3 Å². The molecule has 24 heavy (non-hydrogen) atoms. The summed E-state index contributed by atoms with van der Waals surface area (Å²) < 4.78 is 0. The monoisotopic (exact) mass is 345 g/mol. The molecule has 2 rings (SSSR count).